The summed E-state index contributed by atoms with van der Waals surface area (Å²) >= 11 is 6.35. The molecule has 2 aromatic heterocycles. The molecule has 1 aliphatic heterocycles. The molecule has 1 fully saturated rings. The van der Waals surface area contributed by atoms with Crippen molar-refractivity contribution < 1.29 is 22.7 Å². The first-order valence-electron chi connectivity index (χ1n) is 14.9. The molecule has 236 valence electrons. The summed E-state index contributed by atoms with van der Waals surface area (Å²) in [4.78, 5) is 36.2. The number of carbonyl (C=O) groups excluding carboxylic acids is 2. The molecule has 2 aromatic rings. The summed E-state index contributed by atoms with van der Waals surface area (Å²) in [7, 11) is -4.26. The van der Waals surface area contributed by atoms with Crippen molar-refractivity contribution >= 4 is 39.4 Å². The SMILES string of the molecule is CC(C)(C)OC(=O)N1C[C@@H](CCCNc2cccc(S(=O)(=O)NC(=O)c3cc4c(nc3Cl)C(C)(C)CCC4)n2)CC1(C)C. The topological polar surface area (TPSA) is 131 Å². The van der Waals surface area contributed by atoms with Crippen molar-refractivity contribution in [3.8, 4) is 0 Å². The fourth-order valence-corrected chi connectivity index (χ4v) is 7.19. The van der Waals surface area contributed by atoms with Crippen LogP contribution in [0.5, 0.6) is 0 Å². The smallest absolute Gasteiger partial charge is 0.410 e. The van der Waals surface area contributed by atoms with Crippen molar-refractivity contribution in [2.24, 2.45) is 5.92 Å². The number of amides is 2. The maximum atomic E-state index is 13.1. The molecule has 0 aromatic carbocycles. The highest BCUT2D eigenvalue weighted by Gasteiger charge is 2.42. The van der Waals surface area contributed by atoms with Crippen LogP contribution in [0.15, 0.2) is 29.3 Å². The Labute approximate surface area is 260 Å². The van der Waals surface area contributed by atoms with Crippen molar-refractivity contribution in [3.05, 3.63) is 46.2 Å². The Kier molecular flexibility index (Phi) is 9.38. The van der Waals surface area contributed by atoms with Crippen LogP contribution in [0, 0.1) is 5.92 Å². The minimum Gasteiger partial charge on any atom is -0.444 e. The van der Waals surface area contributed by atoms with Gasteiger partial charge >= 0.3 is 6.09 Å². The van der Waals surface area contributed by atoms with Gasteiger partial charge in [-0.05, 0) is 103 Å². The number of anilines is 1. The molecule has 1 aliphatic carbocycles. The predicted octanol–water partition coefficient (Wildman–Crippen LogP) is 6.09. The van der Waals surface area contributed by atoms with Gasteiger partial charge in [-0.15, -0.1) is 0 Å². The third kappa shape index (κ3) is 7.98. The van der Waals surface area contributed by atoms with Gasteiger partial charge in [0.05, 0.1) is 11.3 Å². The summed E-state index contributed by atoms with van der Waals surface area (Å²) in [5, 5.41) is 2.88. The second kappa shape index (κ2) is 12.2. The second-order valence-electron chi connectivity index (χ2n) is 13.9. The van der Waals surface area contributed by atoms with Gasteiger partial charge in [-0.2, -0.15) is 8.42 Å². The van der Waals surface area contributed by atoms with Crippen molar-refractivity contribution in [1.29, 1.82) is 0 Å². The lowest BCUT2D eigenvalue weighted by Gasteiger charge is -2.33. The average molecular weight is 634 g/mol. The number of carbonyl (C=O) groups is 2. The summed E-state index contributed by atoms with van der Waals surface area (Å²) < 4.78 is 33.9. The van der Waals surface area contributed by atoms with E-state index in [0.717, 1.165) is 49.8 Å². The molecule has 1 atom stereocenters. The van der Waals surface area contributed by atoms with Crippen LogP contribution in [-0.2, 0) is 26.6 Å². The zero-order valence-corrected chi connectivity index (χ0v) is 27.8. The number of nitrogens with one attached hydrogen (secondary N) is 2. The lowest BCUT2D eigenvalue weighted by Crippen LogP contribution is -2.45. The number of nitrogens with zero attached hydrogens (tertiary/aromatic N) is 3. The quantitative estimate of drug-likeness (QED) is 0.264. The zero-order chi connectivity index (χ0) is 31.8. The van der Waals surface area contributed by atoms with E-state index >= 15 is 0 Å². The first kappa shape index (κ1) is 33.0. The molecule has 0 bridgehead atoms. The molecule has 0 saturated carbocycles. The molecule has 2 aliphatic rings. The lowest BCUT2D eigenvalue weighted by molar-refractivity contribution is 0.0130. The Morgan fingerprint density at radius 3 is 2.58 bits per heavy atom. The van der Waals surface area contributed by atoms with Gasteiger partial charge in [-0.3, -0.25) is 4.79 Å². The van der Waals surface area contributed by atoms with E-state index < -0.39 is 21.5 Å². The number of pyridine rings is 2. The van der Waals surface area contributed by atoms with E-state index in [1.54, 1.807) is 18.2 Å². The molecule has 2 N–H and O–H groups in total. The molecule has 12 heteroatoms. The van der Waals surface area contributed by atoms with E-state index in [2.05, 4.69) is 47.7 Å². The van der Waals surface area contributed by atoms with Crippen LogP contribution in [0.4, 0.5) is 10.6 Å². The normalized spacial score (nSPS) is 19.4. The van der Waals surface area contributed by atoms with Crippen molar-refractivity contribution in [2.45, 2.75) is 109 Å². The van der Waals surface area contributed by atoms with E-state index in [-0.39, 0.29) is 32.8 Å². The predicted molar refractivity (Wildman–Crippen MR) is 167 cm³/mol. The Morgan fingerprint density at radius 2 is 1.88 bits per heavy atom. The number of hydrogen-bond donors (Lipinski definition) is 2. The van der Waals surface area contributed by atoms with E-state index in [4.69, 9.17) is 16.3 Å². The highest BCUT2D eigenvalue weighted by molar-refractivity contribution is 7.90. The first-order valence-corrected chi connectivity index (χ1v) is 16.7. The van der Waals surface area contributed by atoms with Gasteiger partial charge in [0.2, 0.25) is 0 Å². The van der Waals surface area contributed by atoms with Gasteiger partial charge < -0.3 is 15.0 Å². The van der Waals surface area contributed by atoms with Crippen LogP contribution in [-0.4, -0.2) is 59.5 Å². The van der Waals surface area contributed by atoms with Gasteiger partial charge in [-0.25, -0.2) is 19.5 Å². The summed E-state index contributed by atoms with van der Waals surface area (Å²) in [6.07, 6.45) is 4.95. The van der Waals surface area contributed by atoms with E-state index in [1.807, 2.05) is 25.7 Å². The molecule has 1 saturated heterocycles. The highest BCUT2D eigenvalue weighted by atomic mass is 35.5. The number of ether oxygens (including phenoxy) is 1. The fourth-order valence-electron chi connectivity index (χ4n) is 6.03. The Bertz CT molecular complexity index is 1490. The first-order chi connectivity index (χ1) is 19.9. The number of rotatable bonds is 8. The molecule has 0 radical (unpaired) electrons. The van der Waals surface area contributed by atoms with Crippen LogP contribution in [0.3, 0.4) is 0 Å². The number of likely N-dealkylation sites (tertiary alicyclic amines) is 1. The monoisotopic (exact) mass is 633 g/mol. The van der Waals surface area contributed by atoms with Crippen LogP contribution in [0.25, 0.3) is 0 Å². The maximum absolute atomic E-state index is 13.1. The minimum absolute atomic E-state index is 0.0235. The summed E-state index contributed by atoms with van der Waals surface area (Å²) in [6.45, 7) is 15.1. The van der Waals surface area contributed by atoms with Crippen molar-refractivity contribution in [3.63, 3.8) is 0 Å². The molecule has 4 rings (SSSR count). The molecular formula is C31H44ClN5O5S. The van der Waals surface area contributed by atoms with Crippen molar-refractivity contribution in [1.82, 2.24) is 19.6 Å². The number of fused-ring (bicyclic) bond motifs is 1. The Balaban J connectivity index is 1.33. The number of halogens is 1. The highest BCUT2D eigenvalue weighted by Crippen LogP contribution is 2.38. The van der Waals surface area contributed by atoms with E-state index in [1.165, 1.54) is 6.07 Å². The zero-order valence-electron chi connectivity index (χ0n) is 26.2. The molecule has 3 heterocycles. The van der Waals surface area contributed by atoms with Crippen LogP contribution in [0.1, 0.15) is 102 Å². The standard InChI is InChI=1S/C31H44ClN5O5S/c1-29(2,3)42-28(39)37-19-20(18-31(37,6)7)11-10-16-33-23-13-8-14-24(34-23)43(40,41)36-27(38)22-17-21-12-9-15-30(4,5)25(21)35-26(22)32/h8,13-14,17,20H,9-12,15-16,18-19H2,1-7H3,(H,33,34)(H,36,38)/t20-/m0/s1. The third-order valence-corrected chi connectivity index (χ3v) is 9.60. The van der Waals surface area contributed by atoms with E-state index in [9.17, 15) is 18.0 Å². The molecular weight excluding hydrogens is 590 g/mol. The second-order valence-corrected chi connectivity index (χ2v) is 15.9. The van der Waals surface area contributed by atoms with Crippen LogP contribution < -0.4 is 10.0 Å². The van der Waals surface area contributed by atoms with Gasteiger partial charge in [0.25, 0.3) is 15.9 Å². The molecule has 10 nitrogen and oxygen atoms in total. The number of aryl methyl sites for hydroxylation is 1. The minimum atomic E-state index is -4.26. The molecule has 0 spiro atoms. The number of hydrogen-bond acceptors (Lipinski definition) is 8. The van der Waals surface area contributed by atoms with Crippen molar-refractivity contribution in [2.75, 3.05) is 18.4 Å². The molecule has 0 unspecified atom stereocenters. The summed E-state index contributed by atoms with van der Waals surface area (Å²) in [5.74, 6) is -0.132. The maximum Gasteiger partial charge on any atom is 0.410 e. The summed E-state index contributed by atoms with van der Waals surface area (Å²) in [5.41, 5.74) is 0.785. The lowest BCUT2D eigenvalue weighted by atomic mass is 9.76. The van der Waals surface area contributed by atoms with Crippen LogP contribution in [0.2, 0.25) is 5.15 Å². The van der Waals surface area contributed by atoms with Gasteiger partial charge in [0, 0.05) is 24.0 Å². The molecule has 43 heavy (non-hydrogen) atoms. The largest absolute Gasteiger partial charge is 0.444 e. The number of sulfonamides is 1. The Morgan fingerprint density at radius 1 is 1.16 bits per heavy atom. The van der Waals surface area contributed by atoms with Gasteiger partial charge in [0.15, 0.2) is 5.03 Å². The Hall–Kier alpha value is -2.92. The summed E-state index contributed by atoms with van der Waals surface area (Å²) in [6, 6.07) is 6.24. The van der Waals surface area contributed by atoms with Crippen LogP contribution >= 0.6 is 11.6 Å². The average Bonchev–Trinajstić information content (AvgIpc) is 3.19. The number of aromatic nitrogens is 2. The third-order valence-electron chi connectivity index (χ3n) is 8.08. The van der Waals surface area contributed by atoms with Gasteiger partial charge in [0.1, 0.15) is 16.6 Å². The van der Waals surface area contributed by atoms with Gasteiger partial charge in [-0.1, -0.05) is 31.5 Å². The fraction of sp³-hybridized carbons (Fsp3) is 0.613. The molecule has 2 amide bonds. The van der Waals surface area contributed by atoms with E-state index in [0.29, 0.717) is 24.8 Å².